The maximum absolute atomic E-state index is 11.3. The Bertz CT molecular complexity index is 236. The molecule has 0 N–H and O–H groups in total. The highest BCUT2D eigenvalue weighted by atomic mass is 16.5. The summed E-state index contributed by atoms with van der Waals surface area (Å²) in [5.41, 5.74) is 0. The Morgan fingerprint density at radius 3 is 2.22 bits per heavy atom. The molecule has 106 valence electrons. The summed E-state index contributed by atoms with van der Waals surface area (Å²) in [6, 6.07) is 0. The molecule has 18 heavy (non-hydrogen) atoms. The van der Waals surface area contributed by atoms with E-state index in [4.69, 9.17) is 9.47 Å². The van der Waals surface area contributed by atoms with Gasteiger partial charge in [0, 0.05) is 12.8 Å². The molecule has 0 aliphatic carbocycles. The van der Waals surface area contributed by atoms with Gasteiger partial charge in [0.05, 0.1) is 12.7 Å². The van der Waals surface area contributed by atoms with Gasteiger partial charge in [-0.3, -0.25) is 9.59 Å². The van der Waals surface area contributed by atoms with Crippen molar-refractivity contribution in [3.63, 3.8) is 0 Å². The van der Waals surface area contributed by atoms with E-state index in [9.17, 15) is 9.59 Å². The van der Waals surface area contributed by atoms with E-state index in [-0.39, 0.29) is 24.5 Å². The summed E-state index contributed by atoms with van der Waals surface area (Å²) in [6.45, 7) is 6.25. The lowest BCUT2D eigenvalue weighted by Gasteiger charge is -2.07. The monoisotopic (exact) mass is 258 g/mol. The van der Waals surface area contributed by atoms with Crippen LogP contribution in [-0.2, 0) is 19.1 Å². The first kappa shape index (κ1) is 16.9. The van der Waals surface area contributed by atoms with Crippen LogP contribution in [0, 0.1) is 0 Å². The number of ether oxygens (including phenoxy) is 2. The van der Waals surface area contributed by atoms with Gasteiger partial charge in [-0.15, -0.1) is 0 Å². The molecular formula is C14H26O4. The van der Waals surface area contributed by atoms with Gasteiger partial charge < -0.3 is 9.47 Å². The SMILES string of the molecule is CCCCCCOC(=O)CCCC(=O)OC(C)C. The molecule has 4 nitrogen and oxygen atoms in total. The summed E-state index contributed by atoms with van der Waals surface area (Å²) in [4.78, 5) is 22.5. The number of carbonyl (C=O) groups excluding carboxylic acids is 2. The Morgan fingerprint density at radius 1 is 0.944 bits per heavy atom. The molecule has 0 fully saturated rings. The van der Waals surface area contributed by atoms with Gasteiger partial charge in [0.15, 0.2) is 0 Å². The Labute approximate surface area is 110 Å². The molecule has 0 radical (unpaired) electrons. The first-order valence-corrected chi connectivity index (χ1v) is 6.91. The van der Waals surface area contributed by atoms with E-state index >= 15 is 0 Å². The molecule has 0 atom stereocenters. The fourth-order valence-electron chi connectivity index (χ4n) is 1.49. The number of carbonyl (C=O) groups is 2. The Morgan fingerprint density at radius 2 is 1.61 bits per heavy atom. The van der Waals surface area contributed by atoms with E-state index in [0.29, 0.717) is 19.4 Å². The highest BCUT2D eigenvalue weighted by molar-refractivity contribution is 5.72. The van der Waals surface area contributed by atoms with Gasteiger partial charge in [0.2, 0.25) is 0 Å². The van der Waals surface area contributed by atoms with Crippen molar-refractivity contribution < 1.29 is 19.1 Å². The summed E-state index contributed by atoms with van der Waals surface area (Å²) in [5, 5.41) is 0. The maximum Gasteiger partial charge on any atom is 0.306 e. The van der Waals surface area contributed by atoms with E-state index < -0.39 is 0 Å². The zero-order chi connectivity index (χ0) is 13.8. The van der Waals surface area contributed by atoms with Crippen LogP contribution in [0.2, 0.25) is 0 Å². The molecule has 0 amide bonds. The van der Waals surface area contributed by atoms with Gasteiger partial charge in [0.1, 0.15) is 0 Å². The Balaban J connectivity index is 3.39. The smallest absolute Gasteiger partial charge is 0.306 e. The molecular weight excluding hydrogens is 232 g/mol. The molecule has 0 saturated heterocycles. The fourth-order valence-corrected chi connectivity index (χ4v) is 1.49. The van der Waals surface area contributed by atoms with Crippen LogP contribution in [0.3, 0.4) is 0 Å². The van der Waals surface area contributed by atoms with Gasteiger partial charge in [0.25, 0.3) is 0 Å². The third-order valence-electron chi connectivity index (χ3n) is 2.39. The molecule has 0 unspecified atom stereocenters. The second-order valence-electron chi connectivity index (χ2n) is 4.67. The van der Waals surface area contributed by atoms with Crippen LogP contribution in [0.4, 0.5) is 0 Å². The van der Waals surface area contributed by atoms with Gasteiger partial charge in [-0.2, -0.15) is 0 Å². The van der Waals surface area contributed by atoms with Crippen molar-refractivity contribution in [1.29, 1.82) is 0 Å². The molecule has 0 aromatic rings. The molecule has 4 heteroatoms. The Kier molecular flexibility index (Phi) is 10.4. The van der Waals surface area contributed by atoms with Crippen LogP contribution < -0.4 is 0 Å². The topological polar surface area (TPSA) is 52.6 Å². The number of esters is 2. The molecule has 0 saturated carbocycles. The average molecular weight is 258 g/mol. The quantitative estimate of drug-likeness (QED) is 0.446. The van der Waals surface area contributed by atoms with E-state index in [0.717, 1.165) is 12.8 Å². The highest BCUT2D eigenvalue weighted by Gasteiger charge is 2.08. The van der Waals surface area contributed by atoms with Crippen molar-refractivity contribution in [3.05, 3.63) is 0 Å². The standard InChI is InChI=1S/C14H26O4/c1-4-5-6-7-11-17-13(15)9-8-10-14(16)18-12(2)3/h12H,4-11H2,1-3H3. The normalized spacial score (nSPS) is 10.4. The zero-order valence-corrected chi connectivity index (χ0v) is 11.9. The van der Waals surface area contributed by atoms with Crippen LogP contribution in [0.15, 0.2) is 0 Å². The summed E-state index contributed by atoms with van der Waals surface area (Å²) in [6.07, 6.45) is 5.36. The molecule has 0 aliphatic rings. The predicted octanol–water partition coefficient (Wildman–Crippen LogP) is 3.23. The lowest BCUT2D eigenvalue weighted by Crippen LogP contribution is -2.12. The van der Waals surface area contributed by atoms with Gasteiger partial charge >= 0.3 is 11.9 Å². The summed E-state index contributed by atoms with van der Waals surface area (Å²) >= 11 is 0. The minimum atomic E-state index is -0.249. The van der Waals surface area contributed by atoms with E-state index in [1.165, 1.54) is 12.8 Å². The van der Waals surface area contributed by atoms with Crippen LogP contribution in [0.5, 0.6) is 0 Å². The third kappa shape index (κ3) is 11.4. The lowest BCUT2D eigenvalue weighted by molar-refractivity contribution is -0.148. The number of hydrogen-bond donors (Lipinski definition) is 0. The third-order valence-corrected chi connectivity index (χ3v) is 2.39. The summed E-state index contributed by atoms with van der Waals surface area (Å²) in [5.74, 6) is -0.468. The Hall–Kier alpha value is -1.06. The number of rotatable bonds is 10. The zero-order valence-electron chi connectivity index (χ0n) is 11.9. The largest absolute Gasteiger partial charge is 0.466 e. The molecule has 0 aliphatic heterocycles. The molecule has 0 bridgehead atoms. The van der Waals surface area contributed by atoms with Crippen molar-refractivity contribution in [2.75, 3.05) is 6.61 Å². The maximum atomic E-state index is 11.3. The molecule has 0 heterocycles. The molecule has 0 spiro atoms. The van der Waals surface area contributed by atoms with E-state index in [1.54, 1.807) is 0 Å². The number of hydrogen-bond acceptors (Lipinski definition) is 4. The number of unbranched alkanes of at least 4 members (excludes halogenated alkanes) is 3. The van der Waals surface area contributed by atoms with Crippen molar-refractivity contribution in [2.45, 2.75) is 71.8 Å². The molecule has 0 aromatic heterocycles. The van der Waals surface area contributed by atoms with Crippen molar-refractivity contribution in [3.8, 4) is 0 Å². The van der Waals surface area contributed by atoms with Crippen LogP contribution in [0.1, 0.15) is 65.7 Å². The van der Waals surface area contributed by atoms with Crippen LogP contribution in [-0.4, -0.2) is 24.6 Å². The van der Waals surface area contributed by atoms with E-state index in [2.05, 4.69) is 6.92 Å². The van der Waals surface area contributed by atoms with Crippen molar-refractivity contribution in [1.82, 2.24) is 0 Å². The highest BCUT2D eigenvalue weighted by Crippen LogP contribution is 2.03. The first-order valence-electron chi connectivity index (χ1n) is 6.91. The van der Waals surface area contributed by atoms with Gasteiger partial charge in [-0.05, 0) is 26.7 Å². The molecule has 0 rings (SSSR count). The van der Waals surface area contributed by atoms with Gasteiger partial charge in [-0.1, -0.05) is 26.2 Å². The van der Waals surface area contributed by atoms with Crippen molar-refractivity contribution >= 4 is 11.9 Å². The second-order valence-corrected chi connectivity index (χ2v) is 4.67. The summed E-state index contributed by atoms with van der Waals surface area (Å²) < 4.78 is 10.0. The minimum Gasteiger partial charge on any atom is -0.466 e. The van der Waals surface area contributed by atoms with Crippen LogP contribution in [0.25, 0.3) is 0 Å². The minimum absolute atomic E-state index is 0.0944. The van der Waals surface area contributed by atoms with Crippen LogP contribution >= 0.6 is 0 Å². The molecule has 0 aromatic carbocycles. The second kappa shape index (κ2) is 11.1. The van der Waals surface area contributed by atoms with Gasteiger partial charge in [-0.25, -0.2) is 0 Å². The van der Waals surface area contributed by atoms with Crippen molar-refractivity contribution in [2.24, 2.45) is 0 Å². The lowest BCUT2D eigenvalue weighted by atomic mass is 10.2. The summed E-state index contributed by atoms with van der Waals surface area (Å²) in [7, 11) is 0. The first-order chi connectivity index (χ1) is 8.56. The predicted molar refractivity (Wildman–Crippen MR) is 70.2 cm³/mol. The average Bonchev–Trinajstić information content (AvgIpc) is 2.27. The van der Waals surface area contributed by atoms with E-state index in [1.807, 2.05) is 13.8 Å². The fraction of sp³-hybridized carbons (Fsp3) is 0.857.